The van der Waals surface area contributed by atoms with E-state index in [0.29, 0.717) is 12.4 Å². The first-order valence-electron chi connectivity index (χ1n) is 10.0. The van der Waals surface area contributed by atoms with Crippen molar-refractivity contribution in [1.82, 2.24) is 15.2 Å². The third-order valence-corrected chi connectivity index (χ3v) is 5.40. The number of nitrogens with zero attached hydrogens (tertiary/aromatic N) is 4. The van der Waals surface area contributed by atoms with Crippen LogP contribution in [0.1, 0.15) is 43.5 Å². The summed E-state index contributed by atoms with van der Waals surface area (Å²) in [6.45, 7) is 15.1. The van der Waals surface area contributed by atoms with Gasteiger partial charge in [0.2, 0.25) is 5.89 Å². The number of hydrogen-bond acceptors (Lipinski definition) is 4. The Bertz CT molecular complexity index is 832. The molecule has 0 bridgehead atoms. The van der Waals surface area contributed by atoms with Crippen molar-refractivity contribution in [2.75, 3.05) is 38.1 Å². The zero-order valence-corrected chi connectivity index (χ0v) is 20.8. The molecule has 1 saturated heterocycles. The van der Waals surface area contributed by atoms with E-state index in [1.807, 2.05) is 13.2 Å². The van der Waals surface area contributed by atoms with Gasteiger partial charge in [-0.05, 0) is 31.0 Å². The van der Waals surface area contributed by atoms with Crippen LogP contribution in [0.5, 0.6) is 0 Å². The largest absolute Gasteiger partial charge is 0.443 e. The number of oxazole rings is 1. The molecule has 0 spiro atoms. The van der Waals surface area contributed by atoms with Crippen molar-refractivity contribution in [3.05, 3.63) is 47.2 Å². The molecule has 160 valence electrons. The van der Waals surface area contributed by atoms with Gasteiger partial charge in [-0.1, -0.05) is 32.9 Å². The Morgan fingerprint density at radius 3 is 2.45 bits per heavy atom. The Morgan fingerprint density at radius 2 is 1.86 bits per heavy atom. The van der Waals surface area contributed by atoms with Gasteiger partial charge in [0.25, 0.3) is 0 Å². The van der Waals surface area contributed by atoms with Gasteiger partial charge in [0.05, 0.1) is 12.7 Å². The van der Waals surface area contributed by atoms with Crippen LogP contribution >= 0.6 is 24.0 Å². The quantitative estimate of drug-likeness (QED) is 0.382. The van der Waals surface area contributed by atoms with Crippen LogP contribution in [0.15, 0.2) is 33.8 Å². The fourth-order valence-corrected chi connectivity index (χ4v) is 3.46. The molecule has 0 atom stereocenters. The molecule has 1 aliphatic heterocycles. The van der Waals surface area contributed by atoms with E-state index in [1.165, 1.54) is 16.8 Å². The molecule has 0 aliphatic carbocycles. The smallest absolute Gasteiger partial charge is 0.213 e. The predicted molar refractivity (Wildman–Crippen MR) is 131 cm³/mol. The Kier molecular flexibility index (Phi) is 7.96. The van der Waals surface area contributed by atoms with Crippen molar-refractivity contribution < 1.29 is 4.42 Å². The van der Waals surface area contributed by atoms with E-state index in [2.05, 4.69) is 77.9 Å². The third kappa shape index (κ3) is 5.65. The number of hydrogen-bond donors (Lipinski definition) is 1. The first-order valence-corrected chi connectivity index (χ1v) is 10.0. The van der Waals surface area contributed by atoms with Gasteiger partial charge in [-0.15, -0.1) is 24.0 Å². The molecule has 3 rings (SSSR count). The van der Waals surface area contributed by atoms with Crippen molar-refractivity contribution in [2.45, 2.75) is 46.6 Å². The summed E-state index contributed by atoms with van der Waals surface area (Å²) in [6, 6.07) is 6.54. The molecule has 1 N–H and O–H groups in total. The lowest BCUT2D eigenvalue weighted by Crippen LogP contribution is -2.52. The lowest BCUT2D eigenvalue weighted by Gasteiger charge is -2.38. The summed E-state index contributed by atoms with van der Waals surface area (Å²) >= 11 is 0. The molecule has 0 unspecified atom stereocenters. The maximum atomic E-state index is 5.87. The van der Waals surface area contributed by atoms with Gasteiger partial charge in [0, 0.05) is 44.3 Å². The topological polar surface area (TPSA) is 56.9 Å². The van der Waals surface area contributed by atoms with E-state index in [-0.39, 0.29) is 29.4 Å². The second-order valence-electron chi connectivity index (χ2n) is 8.46. The summed E-state index contributed by atoms with van der Waals surface area (Å²) in [5.74, 6) is 2.50. The van der Waals surface area contributed by atoms with Crippen LogP contribution in [-0.4, -0.2) is 49.1 Å². The van der Waals surface area contributed by atoms with Crippen LogP contribution in [0.4, 0.5) is 5.69 Å². The van der Waals surface area contributed by atoms with Crippen molar-refractivity contribution in [2.24, 2.45) is 4.99 Å². The lowest BCUT2D eigenvalue weighted by molar-refractivity contribution is 0.359. The number of nitrogens with one attached hydrogen (secondary N) is 1. The highest BCUT2D eigenvalue weighted by Gasteiger charge is 2.22. The van der Waals surface area contributed by atoms with Gasteiger partial charge in [-0.2, -0.15) is 0 Å². The monoisotopic (exact) mass is 511 g/mol. The van der Waals surface area contributed by atoms with Gasteiger partial charge >= 0.3 is 0 Å². The number of halogens is 1. The van der Waals surface area contributed by atoms with Crippen LogP contribution in [0.3, 0.4) is 0 Å². The number of aromatic nitrogens is 1. The van der Waals surface area contributed by atoms with Gasteiger partial charge in [0.15, 0.2) is 5.96 Å². The van der Waals surface area contributed by atoms with E-state index >= 15 is 0 Å². The number of piperazine rings is 1. The van der Waals surface area contributed by atoms with Gasteiger partial charge in [-0.3, -0.25) is 4.99 Å². The Morgan fingerprint density at radius 1 is 1.17 bits per heavy atom. The molecular weight excluding hydrogens is 477 g/mol. The summed E-state index contributed by atoms with van der Waals surface area (Å²) in [6.07, 6.45) is 1.82. The average molecular weight is 511 g/mol. The van der Waals surface area contributed by atoms with Crippen molar-refractivity contribution in [1.29, 1.82) is 0 Å². The van der Waals surface area contributed by atoms with E-state index in [4.69, 9.17) is 4.42 Å². The van der Waals surface area contributed by atoms with E-state index < -0.39 is 0 Å². The molecule has 7 heteroatoms. The van der Waals surface area contributed by atoms with Crippen LogP contribution in [0, 0.1) is 13.8 Å². The summed E-state index contributed by atoms with van der Waals surface area (Å²) in [7, 11) is 1.83. The number of anilines is 1. The molecule has 1 aromatic heterocycles. The average Bonchev–Trinajstić information content (AvgIpc) is 3.15. The van der Waals surface area contributed by atoms with Crippen molar-refractivity contribution in [3.8, 4) is 0 Å². The Balaban J connectivity index is 0.00000300. The molecule has 0 amide bonds. The van der Waals surface area contributed by atoms with E-state index in [1.54, 1.807) is 0 Å². The van der Waals surface area contributed by atoms with Gasteiger partial charge < -0.3 is 19.5 Å². The number of aryl methyl sites for hydroxylation is 1. The van der Waals surface area contributed by atoms with Crippen LogP contribution in [0.2, 0.25) is 0 Å². The highest BCUT2D eigenvalue weighted by atomic mass is 127. The van der Waals surface area contributed by atoms with E-state index in [9.17, 15) is 0 Å². The zero-order valence-electron chi connectivity index (χ0n) is 18.5. The lowest BCUT2D eigenvalue weighted by atomic mass is 9.94. The van der Waals surface area contributed by atoms with Crippen molar-refractivity contribution >= 4 is 35.6 Å². The molecule has 2 heterocycles. The second kappa shape index (κ2) is 9.82. The summed E-state index contributed by atoms with van der Waals surface area (Å²) < 4.78 is 5.87. The Labute approximate surface area is 191 Å². The molecule has 2 aromatic rings. The predicted octanol–water partition coefficient (Wildman–Crippen LogP) is 4.10. The molecule has 6 nitrogen and oxygen atoms in total. The summed E-state index contributed by atoms with van der Waals surface area (Å²) in [4.78, 5) is 13.6. The number of guanidine groups is 1. The summed E-state index contributed by atoms with van der Waals surface area (Å²) in [5, 5.41) is 3.40. The standard InChI is InChI=1S/C22H33N5O.HI/c1-16-8-7-9-18(17(16)2)26-10-12-27(13-11-26)21(23-6)25-15-20-24-14-19(28-20)22(3,4)5;/h7-9,14H,10-13,15H2,1-6H3,(H,23,25);1H. The molecule has 0 saturated carbocycles. The number of aliphatic imine (C=N–C) groups is 1. The van der Waals surface area contributed by atoms with Crippen molar-refractivity contribution in [3.63, 3.8) is 0 Å². The zero-order chi connectivity index (χ0) is 20.3. The molecule has 1 aliphatic rings. The number of rotatable bonds is 3. The first kappa shape index (κ1) is 23.5. The normalized spacial score (nSPS) is 15.3. The molecule has 29 heavy (non-hydrogen) atoms. The molecular formula is C22H34IN5O. The minimum absolute atomic E-state index is 0. The Hall–Kier alpha value is -1.77. The number of benzene rings is 1. The van der Waals surface area contributed by atoms with E-state index in [0.717, 1.165) is 37.9 Å². The highest BCUT2D eigenvalue weighted by molar-refractivity contribution is 14.0. The maximum absolute atomic E-state index is 5.87. The van der Waals surface area contributed by atoms with Crippen LogP contribution in [0.25, 0.3) is 0 Å². The van der Waals surface area contributed by atoms with Crippen LogP contribution in [-0.2, 0) is 12.0 Å². The minimum Gasteiger partial charge on any atom is -0.443 e. The summed E-state index contributed by atoms with van der Waals surface area (Å²) in [5.41, 5.74) is 4.03. The van der Waals surface area contributed by atoms with Gasteiger partial charge in [-0.25, -0.2) is 4.98 Å². The maximum Gasteiger partial charge on any atom is 0.213 e. The SMILES string of the molecule is CN=C(NCc1ncc(C(C)(C)C)o1)N1CCN(c2cccc(C)c2C)CC1.I. The fraction of sp³-hybridized carbons (Fsp3) is 0.545. The first-order chi connectivity index (χ1) is 13.3. The van der Waals surface area contributed by atoms with Gasteiger partial charge in [0.1, 0.15) is 5.76 Å². The fourth-order valence-electron chi connectivity index (χ4n) is 3.46. The third-order valence-electron chi connectivity index (χ3n) is 5.40. The molecule has 1 fully saturated rings. The second-order valence-corrected chi connectivity index (χ2v) is 8.46. The molecule has 0 radical (unpaired) electrons. The highest BCUT2D eigenvalue weighted by Crippen LogP contribution is 2.24. The van der Waals surface area contributed by atoms with Crippen LogP contribution < -0.4 is 10.2 Å². The minimum atomic E-state index is -0.0306. The molecule has 1 aromatic carbocycles.